The number of cyclic esters (lactones) is 1. The molecule has 2 N–H and O–H groups in total. The Morgan fingerprint density at radius 1 is 1.41 bits per heavy atom. The first-order valence-corrected chi connectivity index (χ1v) is 10.0. The minimum Gasteiger partial charge on any atom is -0.448 e. The third kappa shape index (κ3) is 4.14. The highest BCUT2D eigenvalue weighted by molar-refractivity contribution is 7.14. The molecule has 27 heavy (non-hydrogen) atoms. The van der Waals surface area contributed by atoms with Crippen molar-refractivity contribution in [2.75, 3.05) is 32.8 Å². The van der Waals surface area contributed by atoms with Crippen molar-refractivity contribution in [1.82, 2.24) is 25.1 Å². The molecule has 0 aromatic carbocycles. The van der Waals surface area contributed by atoms with Gasteiger partial charge >= 0.3 is 6.09 Å². The zero-order valence-electron chi connectivity index (χ0n) is 15.0. The number of carbonyl (C=O) groups excluding carboxylic acids is 2. The molecule has 8 nitrogen and oxygen atoms in total. The van der Waals surface area contributed by atoms with Crippen LogP contribution >= 0.6 is 11.3 Å². The van der Waals surface area contributed by atoms with E-state index in [1.54, 1.807) is 22.6 Å². The minimum atomic E-state index is -0.304. The van der Waals surface area contributed by atoms with Crippen LogP contribution in [0.1, 0.15) is 39.1 Å². The largest absolute Gasteiger partial charge is 0.448 e. The van der Waals surface area contributed by atoms with Gasteiger partial charge in [0, 0.05) is 42.4 Å². The van der Waals surface area contributed by atoms with Crippen LogP contribution in [-0.4, -0.2) is 64.6 Å². The van der Waals surface area contributed by atoms with Crippen LogP contribution in [0.25, 0.3) is 0 Å². The molecular weight excluding hydrogens is 366 g/mol. The van der Waals surface area contributed by atoms with E-state index >= 15 is 0 Å². The Morgan fingerprint density at radius 3 is 3.11 bits per heavy atom. The average Bonchev–Trinajstić information content (AvgIpc) is 3.43. The van der Waals surface area contributed by atoms with Gasteiger partial charge in [-0.05, 0) is 31.5 Å². The molecule has 0 radical (unpaired) electrons. The number of nitrogens with zero attached hydrogens (tertiary/aromatic N) is 3. The first kappa shape index (κ1) is 18.0. The third-order valence-electron chi connectivity index (χ3n) is 4.98. The van der Waals surface area contributed by atoms with Crippen molar-refractivity contribution < 1.29 is 14.3 Å². The molecule has 9 heteroatoms. The molecule has 2 aromatic heterocycles. The summed E-state index contributed by atoms with van der Waals surface area (Å²) in [6.45, 7) is 3.81. The quantitative estimate of drug-likeness (QED) is 0.756. The van der Waals surface area contributed by atoms with Crippen LogP contribution in [0.3, 0.4) is 0 Å². The predicted octanol–water partition coefficient (Wildman–Crippen LogP) is 1.99. The second-order valence-electron chi connectivity index (χ2n) is 6.76. The predicted molar refractivity (Wildman–Crippen MR) is 101 cm³/mol. The summed E-state index contributed by atoms with van der Waals surface area (Å²) in [5, 5.41) is 2.89. The summed E-state index contributed by atoms with van der Waals surface area (Å²) in [6, 6.07) is 4.30. The van der Waals surface area contributed by atoms with Gasteiger partial charge in [0.2, 0.25) is 0 Å². The number of likely N-dealkylation sites (tertiary alicyclic amines) is 1. The van der Waals surface area contributed by atoms with Gasteiger partial charge in [-0.15, -0.1) is 11.3 Å². The summed E-state index contributed by atoms with van der Waals surface area (Å²) in [4.78, 5) is 37.0. The lowest BCUT2D eigenvalue weighted by molar-refractivity contribution is 0.0953. The highest BCUT2D eigenvalue weighted by Gasteiger charge is 2.28. The fourth-order valence-corrected chi connectivity index (χ4v) is 4.70. The lowest BCUT2D eigenvalue weighted by Crippen LogP contribution is -2.35. The number of aromatic amines is 1. The zero-order chi connectivity index (χ0) is 18.6. The number of aromatic nitrogens is 2. The Kier molecular flexibility index (Phi) is 5.40. The molecule has 2 aliphatic rings. The van der Waals surface area contributed by atoms with Gasteiger partial charge in [-0.25, -0.2) is 9.78 Å². The second kappa shape index (κ2) is 8.10. The van der Waals surface area contributed by atoms with Gasteiger partial charge < -0.3 is 19.9 Å². The van der Waals surface area contributed by atoms with Gasteiger partial charge in [0.05, 0.1) is 17.7 Å². The number of rotatable bonds is 7. The smallest absolute Gasteiger partial charge is 0.409 e. The molecule has 0 bridgehead atoms. The van der Waals surface area contributed by atoms with Gasteiger partial charge in [0.15, 0.2) is 0 Å². The van der Waals surface area contributed by atoms with Crippen LogP contribution < -0.4 is 5.32 Å². The third-order valence-corrected chi connectivity index (χ3v) is 6.17. The van der Waals surface area contributed by atoms with Gasteiger partial charge in [0.25, 0.3) is 5.91 Å². The number of H-pyrrole nitrogens is 1. The van der Waals surface area contributed by atoms with E-state index in [2.05, 4.69) is 26.3 Å². The summed E-state index contributed by atoms with van der Waals surface area (Å²) in [5.74, 6) is -0.0862. The number of thiophene rings is 1. The number of imidazole rings is 1. The van der Waals surface area contributed by atoms with Gasteiger partial charge in [-0.2, -0.15) is 0 Å². The van der Waals surface area contributed by atoms with Crippen molar-refractivity contribution in [2.45, 2.75) is 25.4 Å². The molecule has 4 heterocycles. The molecule has 1 unspecified atom stereocenters. The van der Waals surface area contributed by atoms with E-state index in [0.29, 0.717) is 37.2 Å². The molecule has 0 saturated carbocycles. The maximum atomic E-state index is 12.4. The standard InChI is InChI=1S/C18H23N5O3S/c24-17(20-5-7-22-8-9-26-18(22)25)16-4-3-15(27-16)14-2-1-6-23(14)11-13-10-19-12-21-13/h3-4,10,12,14H,1-2,5-9,11H2,(H,19,21)(H,20,24). The number of nitrogens with one attached hydrogen (secondary N) is 2. The molecule has 2 saturated heterocycles. The van der Waals surface area contributed by atoms with E-state index < -0.39 is 0 Å². The zero-order valence-corrected chi connectivity index (χ0v) is 15.8. The van der Waals surface area contributed by atoms with Crippen molar-refractivity contribution in [1.29, 1.82) is 0 Å². The number of hydrogen-bond donors (Lipinski definition) is 2. The van der Waals surface area contributed by atoms with Crippen LogP contribution in [-0.2, 0) is 11.3 Å². The van der Waals surface area contributed by atoms with Crippen LogP contribution in [0.15, 0.2) is 24.7 Å². The van der Waals surface area contributed by atoms with Crippen molar-refractivity contribution >= 4 is 23.3 Å². The van der Waals surface area contributed by atoms with Crippen molar-refractivity contribution in [3.63, 3.8) is 0 Å². The summed E-state index contributed by atoms with van der Waals surface area (Å²) in [6.07, 6.45) is 5.52. The summed E-state index contributed by atoms with van der Waals surface area (Å²) < 4.78 is 4.88. The highest BCUT2D eigenvalue weighted by atomic mass is 32.1. The number of hydrogen-bond acceptors (Lipinski definition) is 6. The van der Waals surface area contributed by atoms with Gasteiger partial charge in [-0.1, -0.05) is 0 Å². The molecule has 2 aliphatic heterocycles. The first-order valence-electron chi connectivity index (χ1n) is 9.21. The molecule has 1 atom stereocenters. The molecule has 2 amide bonds. The summed E-state index contributed by atoms with van der Waals surface area (Å²) in [7, 11) is 0. The lowest BCUT2D eigenvalue weighted by atomic mass is 10.2. The maximum absolute atomic E-state index is 12.4. The normalized spacial score (nSPS) is 20.2. The Bertz CT molecular complexity index is 791. The van der Waals surface area contributed by atoms with E-state index in [-0.39, 0.29) is 12.0 Å². The number of ether oxygens (including phenoxy) is 1. The second-order valence-corrected chi connectivity index (χ2v) is 7.88. The van der Waals surface area contributed by atoms with Gasteiger partial charge in [-0.3, -0.25) is 9.69 Å². The Labute approximate surface area is 161 Å². The van der Waals surface area contributed by atoms with E-state index in [0.717, 1.165) is 31.6 Å². The topological polar surface area (TPSA) is 90.6 Å². The maximum Gasteiger partial charge on any atom is 0.409 e. The fraction of sp³-hybridized carbons (Fsp3) is 0.500. The van der Waals surface area contributed by atoms with Crippen molar-refractivity contribution in [3.8, 4) is 0 Å². The summed E-state index contributed by atoms with van der Waals surface area (Å²) in [5.41, 5.74) is 1.11. The van der Waals surface area contributed by atoms with Crippen LogP contribution in [0.4, 0.5) is 4.79 Å². The van der Waals surface area contributed by atoms with Crippen molar-refractivity contribution in [2.24, 2.45) is 0 Å². The molecule has 0 aliphatic carbocycles. The average molecular weight is 389 g/mol. The monoisotopic (exact) mass is 389 g/mol. The molecule has 0 spiro atoms. The van der Waals surface area contributed by atoms with E-state index in [4.69, 9.17) is 4.74 Å². The molecule has 144 valence electrons. The Hall–Kier alpha value is -2.39. The lowest BCUT2D eigenvalue weighted by Gasteiger charge is -2.22. The van der Waals surface area contributed by atoms with Crippen LogP contribution in [0.2, 0.25) is 0 Å². The van der Waals surface area contributed by atoms with Crippen LogP contribution in [0, 0.1) is 0 Å². The number of amides is 2. The fourth-order valence-electron chi connectivity index (χ4n) is 3.60. The molecule has 4 rings (SSSR count). The van der Waals surface area contributed by atoms with E-state index in [1.807, 2.05) is 12.3 Å². The Morgan fingerprint density at radius 2 is 2.33 bits per heavy atom. The SMILES string of the molecule is O=C(NCCN1CCOC1=O)c1ccc(C2CCCN2Cc2cnc[nH]2)s1. The molecule has 2 fully saturated rings. The number of carbonyl (C=O) groups is 2. The minimum absolute atomic E-state index is 0.0862. The van der Waals surface area contributed by atoms with E-state index in [9.17, 15) is 9.59 Å². The first-order chi connectivity index (χ1) is 13.2. The van der Waals surface area contributed by atoms with E-state index in [1.165, 1.54) is 4.88 Å². The molecular formula is C18H23N5O3S. The Balaban J connectivity index is 1.32. The van der Waals surface area contributed by atoms with Crippen molar-refractivity contribution in [3.05, 3.63) is 40.1 Å². The summed E-state index contributed by atoms with van der Waals surface area (Å²) >= 11 is 1.55. The van der Waals surface area contributed by atoms with Gasteiger partial charge in [0.1, 0.15) is 6.61 Å². The molecule has 2 aromatic rings. The highest BCUT2D eigenvalue weighted by Crippen LogP contribution is 2.36. The van der Waals surface area contributed by atoms with Crippen LogP contribution in [0.5, 0.6) is 0 Å².